The maximum atomic E-state index is 12.4. The van der Waals surface area contributed by atoms with Gasteiger partial charge in [-0.25, -0.2) is 0 Å². The van der Waals surface area contributed by atoms with Crippen LogP contribution in [0.4, 0.5) is 0 Å². The highest BCUT2D eigenvalue weighted by Crippen LogP contribution is 2.23. The molecule has 0 saturated carbocycles. The minimum Gasteiger partial charge on any atom is -0.497 e. The van der Waals surface area contributed by atoms with Gasteiger partial charge in [-0.3, -0.25) is 14.5 Å². The number of hydrogen-bond acceptors (Lipinski definition) is 7. The zero-order valence-corrected chi connectivity index (χ0v) is 18.6. The molecule has 0 aliphatic carbocycles. The van der Waals surface area contributed by atoms with Gasteiger partial charge in [-0.1, -0.05) is 11.3 Å². The first-order valence-corrected chi connectivity index (χ1v) is 11.1. The van der Waals surface area contributed by atoms with Crippen LogP contribution in [0.15, 0.2) is 54.9 Å². The summed E-state index contributed by atoms with van der Waals surface area (Å²) in [4.78, 5) is 16.6. The van der Waals surface area contributed by atoms with Crippen LogP contribution in [0.3, 0.4) is 0 Å². The maximum absolute atomic E-state index is 12.4. The van der Waals surface area contributed by atoms with Crippen molar-refractivity contribution >= 4 is 5.91 Å². The fourth-order valence-corrected chi connectivity index (χ4v) is 4.01. The molecule has 1 amide bonds. The predicted octanol–water partition coefficient (Wildman–Crippen LogP) is 2.01. The third-order valence-corrected chi connectivity index (χ3v) is 5.81. The van der Waals surface area contributed by atoms with Gasteiger partial charge in [0.25, 0.3) is 0 Å². The second kappa shape index (κ2) is 11.0. The Labute approximate surface area is 192 Å². The highest BCUT2D eigenvalue weighted by Gasteiger charge is 2.31. The van der Waals surface area contributed by atoms with E-state index in [0.29, 0.717) is 12.2 Å². The molecule has 1 aromatic carbocycles. The summed E-state index contributed by atoms with van der Waals surface area (Å²) < 4.78 is 13.1. The highest BCUT2D eigenvalue weighted by molar-refractivity contribution is 5.78. The normalized spacial score (nSPS) is 20.4. The summed E-state index contributed by atoms with van der Waals surface area (Å²) >= 11 is 0. The zero-order valence-electron chi connectivity index (χ0n) is 18.6. The molecule has 1 aliphatic heterocycles. The SMILES string of the molecule is COc1ccc(-c2cn(CC[C@H]3CC[C@H](NC(=O)Cc4ccccn4)[C@@H](CO)O3)nn2)cc1. The summed E-state index contributed by atoms with van der Waals surface area (Å²) in [6.45, 7) is 0.513. The lowest BCUT2D eigenvalue weighted by Crippen LogP contribution is -2.51. The summed E-state index contributed by atoms with van der Waals surface area (Å²) in [5.74, 6) is 0.679. The third kappa shape index (κ3) is 6.15. The largest absolute Gasteiger partial charge is 0.497 e. The summed E-state index contributed by atoms with van der Waals surface area (Å²) in [6.07, 6.45) is 5.64. The standard InChI is InChI=1S/C24H29N5O4/c1-32-19-7-5-17(6-8-19)22-15-29(28-27-22)13-11-20-9-10-21(23(16-30)33-20)26-24(31)14-18-4-2-3-12-25-18/h2-8,12,15,20-21,23,30H,9-11,13-14,16H2,1H3,(H,26,31)/t20-,21+,23-/m1/s1. The quantitative estimate of drug-likeness (QED) is 0.512. The number of benzene rings is 1. The van der Waals surface area contributed by atoms with E-state index < -0.39 is 6.10 Å². The molecule has 9 heteroatoms. The Kier molecular flexibility index (Phi) is 7.64. The van der Waals surface area contributed by atoms with Gasteiger partial charge in [0.05, 0.1) is 38.5 Å². The molecule has 3 atom stereocenters. The molecule has 0 bridgehead atoms. The van der Waals surface area contributed by atoms with Crippen molar-refractivity contribution in [2.24, 2.45) is 0 Å². The Hall–Kier alpha value is -3.30. The predicted molar refractivity (Wildman–Crippen MR) is 121 cm³/mol. The summed E-state index contributed by atoms with van der Waals surface area (Å²) in [7, 11) is 1.64. The Morgan fingerprint density at radius 3 is 2.82 bits per heavy atom. The Morgan fingerprint density at radius 1 is 1.24 bits per heavy atom. The van der Waals surface area contributed by atoms with Gasteiger partial charge in [0.1, 0.15) is 17.5 Å². The van der Waals surface area contributed by atoms with Crippen LogP contribution in [-0.2, 0) is 22.5 Å². The maximum Gasteiger partial charge on any atom is 0.226 e. The van der Waals surface area contributed by atoms with E-state index in [0.717, 1.165) is 36.3 Å². The van der Waals surface area contributed by atoms with Gasteiger partial charge >= 0.3 is 0 Å². The van der Waals surface area contributed by atoms with Crippen LogP contribution in [-0.4, -0.2) is 63.0 Å². The van der Waals surface area contributed by atoms with E-state index in [-0.39, 0.29) is 31.1 Å². The molecule has 0 spiro atoms. The van der Waals surface area contributed by atoms with E-state index in [1.165, 1.54) is 0 Å². The number of hydrogen-bond donors (Lipinski definition) is 2. The number of aliphatic hydroxyl groups is 1. The molecule has 2 N–H and O–H groups in total. The van der Waals surface area contributed by atoms with E-state index in [4.69, 9.17) is 9.47 Å². The topological polar surface area (TPSA) is 111 Å². The number of rotatable bonds is 9. The van der Waals surface area contributed by atoms with Gasteiger partial charge in [0.2, 0.25) is 5.91 Å². The van der Waals surface area contributed by atoms with Gasteiger partial charge < -0.3 is 19.9 Å². The fourth-order valence-electron chi connectivity index (χ4n) is 4.01. The van der Waals surface area contributed by atoms with Crippen LogP contribution in [0, 0.1) is 0 Å². The fraction of sp³-hybridized carbons (Fsp3) is 0.417. The van der Waals surface area contributed by atoms with Crippen molar-refractivity contribution < 1.29 is 19.4 Å². The lowest BCUT2D eigenvalue weighted by atomic mass is 9.97. The Morgan fingerprint density at radius 2 is 2.09 bits per heavy atom. The van der Waals surface area contributed by atoms with E-state index in [1.54, 1.807) is 18.0 Å². The molecule has 0 radical (unpaired) electrons. The lowest BCUT2D eigenvalue weighted by molar-refractivity contribution is -0.128. The first-order valence-electron chi connectivity index (χ1n) is 11.1. The molecule has 3 aromatic rings. The molecule has 174 valence electrons. The van der Waals surface area contributed by atoms with Crippen LogP contribution in [0.1, 0.15) is 25.0 Å². The number of aryl methyl sites for hydroxylation is 1. The molecule has 1 saturated heterocycles. The number of nitrogens with zero attached hydrogens (tertiary/aromatic N) is 4. The molecule has 9 nitrogen and oxygen atoms in total. The molecule has 0 unspecified atom stereocenters. The van der Waals surface area contributed by atoms with Crippen LogP contribution in [0.5, 0.6) is 5.75 Å². The van der Waals surface area contributed by atoms with Gasteiger partial charge in [0, 0.05) is 24.0 Å². The molecule has 33 heavy (non-hydrogen) atoms. The Balaban J connectivity index is 1.26. The van der Waals surface area contributed by atoms with Crippen molar-refractivity contribution in [1.29, 1.82) is 0 Å². The number of carbonyl (C=O) groups excluding carboxylic acids is 1. The van der Waals surface area contributed by atoms with Crippen molar-refractivity contribution in [3.63, 3.8) is 0 Å². The number of pyridine rings is 1. The minimum atomic E-state index is -0.429. The van der Waals surface area contributed by atoms with Crippen molar-refractivity contribution in [2.75, 3.05) is 13.7 Å². The molecule has 1 fully saturated rings. The number of carbonyl (C=O) groups is 1. The molecule has 4 rings (SSSR count). The minimum absolute atomic E-state index is 0.0141. The van der Waals surface area contributed by atoms with Gasteiger partial charge in [0.15, 0.2) is 0 Å². The second-order valence-corrected chi connectivity index (χ2v) is 8.11. The molecule has 1 aliphatic rings. The third-order valence-electron chi connectivity index (χ3n) is 5.81. The van der Waals surface area contributed by atoms with E-state index in [9.17, 15) is 9.90 Å². The zero-order chi connectivity index (χ0) is 23.0. The van der Waals surface area contributed by atoms with Crippen LogP contribution < -0.4 is 10.1 Å². The van der Waals surface area contributed by atoms with Gasteiger partial charge in [-0.15, -0.1) is 5.10 Å². The van der Waals surface area contributed by atoms with Crippen molar-refractivity contribution in [1.82, 2.24) is 25.3 Å². The van der Waals surface area contributed by atoms with Crippen molar-refractivity contribution in [3.8, 4) is 17.0 Å². The van der Waals surface area contributed by atoms with Crippen LogP contribution >= 0.6 is 0 Å². The lowest BCUT2D eigenvalue weighted by Gasteiger charge is -2.36. The molecular weight excluding hydrogens is 422 g/mol. The molecule has 3 heterocycles. The van der Waals surface area contributed by atoms with Gasteiger partial charge in [-0.2, -0.15) is 0 Å². The van der Waals surface area contributed by atoms with Crippen LogP contribution in [0.2, 0.25) is 0 Å². The highest BCUT2D eigenvalue weighted by atomic mass is 16.5. The number of aromatic nitrogens is 4. The first-order chi connectivity index (χ1) is 16.1. The van der Waals surface area contributed by atoms with E-state index >= 15 is 0 Å². The molecular formula is C24H29N5O4. The Bertz CT molecular complexity index is 1020. The van der Waals surface area contributed by atoms with E-state index in [2.05, 4.69) is 20.6 Å². The van der Waals surface area contributed by atoms with Crippen molar-refractivity contribution in [2.45, 2.75) is 50.5 Å². The smallest absolute Gasteiger partial charge is 0.226 e. The van der Waals surface area contributed by atoms with Crippen molar-refractivity contribution in [3.05, 3.63) is 60.6 Å². The summed E-state index contributed by atoms with van der Waals surface area (Å²) in [5, 5.41) is 21.3. The number of nitrogens with one attached hydrogen (secondary N) is 1. The van der Waals surface area contributed by atoms with Crippen LogP contribution in [0.25, 0.3) is 11.3 Å². The number of methoxy groups -OCH3 is 1. The van der Waals surface area contributed by atoms with Gasteiger partial charge in [-0.05, 0) is 55.7 Å². The summed E-state index contributed by atoms with van der Waals surface area (Å²) in [6, 6.07) is 13.0. The molecule has 2 aromatic heterocycles. The first kappa shape index (κ1) is 22.9. The monoisotopic (exact) mass is 451 g/mol. The second-order valence-electron chi connectivity index (χ2n) is 8.11. The number of aliphatic hydroxyl groups excluding tert-OH is 1. The number of ether oxygens (including phenoxy) is 2. The summed E-state index contributed by atoms with van der Waals surface area (Å²) in [5.41, 5.74) is 2.48. The average Bonchev–Trinajstić information content (AvgIpc) is 3.33. The number of amides is 1. The van der Waals surface area contributed by atoms with E-state index in [1.807, 2.05) is 48.7 Å². The average molecular weight is 452 g/mol.